The number of hydrazine groups is 1. The molecular formula is C16H26N4O. The number of carbonyl (C=O) groups is 1. The zero-order valence-electron chi connectivity index (χ0n) is 12.9. The van der Waals surface area contributed by atoms with Gasteiger partial charge in [-0.2, -0.15) is 0 Å². The second-order valence-electron chi connectivity index (χ2n) is 5.11. The fourth-order valence-corrected chi connectivity index (χ4v) is 2.05. The van der Waals surface area contributed by atoms with Gasteiger partial charge in [-0.3, -0.25) is 20.2 Å². The number of hydrogen-bond donors (Lipinski definition) is 1. The monoisotopic (exact) mass is 290 g/mol. The molecule has 0 saturated heterocycles. The fraction of sp³-hybridized carbons (Fsp3) is 0.562. The van der Waals surface area contributed by atoms with Crippen molar-refractivity contribution < 1.29 is 4.79 Å². The van der Waals surface area contributed by atoms with Crippen LogP contribution >= 0.6 is 0 Å². The number of nitrogens with zero attached hydrogens (tertiary/aromatic N) is 3. The highest BCUT2D eigenvalue weighted by atomic mass is 16.2. The summed E-state index contributed by atoms with van der Waals surface area (Å²) < 4.78 is 0. The molecule has 0 saturated carbocycles. The molecule has 1 N–H and O–H groups in total. The Balaban J connectivity index is 2.05. The second-order valence-corrected chi connectivity index (χ2v) is 5.11. The van der Waals surface area contributed by atoms with Crippen molar-refractivity contribution in [2.75, 3.05) is 12.1 Å². The van der Waals surface area contributed by atoms with Gasteiger partial charge in [0.05, 0.1) is 6.20 Å². The molecule has 0 fully saturated rings. The van der Waals surface area contributed by atoms with Crippen molar-refractivity contribution in [3.8, 4) is 0 Å². The molecule has 0 unspecified atom stereocenters. The van der Waals surface area contributed by atoms with Gasteiger partial charge >= 0.3 is 0 Å². The molecule has 0 atom stereocenters. The first-order valence-electron chi connectivity index (χ1n) is 7.64. The molecule has 1 aromatic rings. The SMILES string of the molecule is C=CCCCCCCCCC(=O)NN(C)c1cnccn1. The van der Waals surface area contributed by atoms with Gasteiger partial charge in [-0.05, 0) is 19.3 Å². The minimum absolute atomic E-state index is 0.0230. The van der Waals surface area contributed by atoms with E-state index in [1.165, 1.54) is 25.7 Å². The molecule has 0 aliphatic heterocycles. The number of nitrogens with one attached hydrogen (secondary N) is 1. The lowest BCUT2D eigenvalue weighted by atomic mass is 10.1. The largest absolute Gasteiger partial charge is 0.273 e. The summed E-state index contributed by atoms with van der Waals surface area (Å²) in [7, 11) is 1.77. The first-order valence-corrected chi connectivity index (χ1v) is 7.64. The van der Waals surface area contributed by atoms with Gasteiger partial charge < -0.3 is 0 Å². The first-order chi connectivity index (χ1) is 10.2. The lowest BCUT2D eigenvalue weighted by Crippen LogP contribution is -2.39. The topological polar surface area (TPSA) is 58.1 Å². The maximum absolute atomic E-state index is 11.8. The summed E-state index contributed by atoms with van der Waals surface area (Å²) >= 11 is 0. The average Bonchev–Trinajstić information content (AvgIpc) is 2.50. The predicted molar refractivity (Wildman–Crippen MR) is 85.7 cm³/mol. The van der Waals surface area contributed by atoms with Crippen molar-refractivity contribution in [2.45, 2.75) is 51.4 Å². The van der Waals surface area contributed by atoms with Crippen molar-refractivity contribution in [3.05, 3.63) is 31.2 Å². The highest BCUT2D eigenvalue weighted by Crippen LogP contribution is 2.09. The molecule has 0 radical (unpaired) electrons. The van der Waals surface area contributed by atoms with E-state index in [9.17, 15) is 4.79 Å². The molecule has 0 aliphatic rings. The molecule has 0 bridgehead atoms. The van der Waals surface area contributed by atoms with E-state index < -0.39 is 0 Å². The standard InChI is InChI=1S/C16H26N4O/c1-3-4-5-6-7-8-9-10-11-16(21)19-20(2)15-14-17-12-13-18-15/h3,12-14H,1,4-11H2,2H3,(H,19,21). The fourth-order valence-electron chi connectivity index (χ4n) is 2.05. The van der Waals surface area contributed by atoms with Crippen LogP contribution in [0, 0.1) is 0 Å². The maximum atomic E-state index is 11.8. The van der Waals surface area contributed by atoms with E-state index in [4.69, 9.17) is 0 Å². The molecule has 5 heteroatoms. The van der Waals surface area contributed by atoms with E-state index in [2.05, 4.69) is 22.0 Å². The molecule has 1 heterocycles. The van der Waals surface area contributed by atoms with Crippen LogP contribution in [0.4, 0.5) is 5.82 Å². The van der Waals surface area contributed by atoms with Gasteiger partial charge in [0.15, 0.2) is 5.82 Å². The molecule has 116 valence electrons. The number of amides is 1. The van der Waals surface area contributed by atoms with E-state index in [1.807, 2.05) is 6.08 Å². The number of anilines is 1. The van der Waals surface area contributed by atoms with E-state index >= 15 is 0 Å². The Bertz CT molecular complexity index is 408. The molecule has 1 aromatic heterocycles. The van der Waals surface area contributed by atoms with Crippen molar-refractivity contribution >= 4 is 11.7 Å². The van der Waals surface area contributed by atoms with Crippen LogP contribution in [-0.4, -0.2) is 22.9 Å². The highest BCUT2D eigenvalue weighted by molar-refractivity contribution is 5.77. The van der Waals surface area contributed by atoms with Crippen molar-refractivity contribution in [1.82, 2.24) is 15.4 Å². The number of aromatic nitrogens is 2. The third-order valence-electron chi connectivity index (χ3n) is 3.25. The highest BCUT2D eigenvalue weighted by Gasteiger charge is 2.06. The first kappa shape index (κ1) is 17.1. The summed E-state index contributed by atoms with van der Waals surface area (Å²) in [5.74, 6) is 0.655. The summed E-state index contributed by atoms with van der Waals surface area (Å²) in [6.45, 7) is 3.72. The number of hydrogen-bond acceptors (Lipinski definition) is 4. The van der Waals surface area contributed by atoms with Gasteiger partial charge in [-0.1, -0.05) is 31.8 Å². The average molecular weight is 290 g/mol. The Kier molecular flexibility index (Phi) is 8.84. The minimum atomic E-state index is 0.0230. The lowest BCUT2D eigenvalue weighted by Gasteiger charge is -2.18. The lowest BCUT2D eigenvalue weighted by molar-refractivity contribution is -0.121. The third-order valence-corrected chi connectivity index (χ3v) is 3.25. The van der Waals surface area contributed by atoms with E-state index in [-0.39, 0.29) is 5.91 Å². The summed E-state index contributed by atoms with van der Waals surface area (Å²) in [6.07, 6.45) is 15.4. The Morgan fingerprint density at radius 3 is 2.62 bits per heavy atom. The van der Waals surface area contributed by atoms with Crippen LogP contribution in [0.25, 0.3) is 0 Å². The Morgan fingerprint density at radius 1 is 1.24 bits per heavy atom. The summed E-state index contributed by atoms with van der Waals surface area (Å²) in [5.41, 5.74) is 2.80. The summed E-state index contributed by atoms with van der Waals surface area (Å²) in [6, 6.07) is 0. The predicted octanol–water partition coefficient (Wildman–Crippen LogP) is 3.25. The molecule has 1 amide bonds. The molecule has 1 rings (SSSR count). The van der Waals surface area contributed by atoms with Gasteiger partial charge in [-0.15, -0.1) is 6.58 Å². The van der Waals surface area contributed by atoms with Crippen LogP contribution in [0.5, 0.6) is 0 Å². The maximum Gasteiger partial charge on any atom is 0.238 e. The molecule has 0 aromatic carbocycles. The summed E-state index contributed by atoms with van der Waals surface area (Å²) in [5, 5.41) is 1.60. The number of allylic oxidation sites excluding steroid dienone is 1. The van der Waals surface area contributed by atoms with Gasteiger partial charge in [0.1, 0.15) is 0 Å². The molecule has 0 aliphatic carbocycles. The number of rotatable bonds is 11. The van der Waals surface area contributed by atoms with Crippen LogP contribution in [0.1, 0.15) is 51.4 Å². The van der Waals surface area contributed by atoms with Crippen molar-refractivity contribution in [2.24, 2.45) is 0 Å². The zero-order valence-corrected chi connectivity index (χ0v) is 12.9. The van der Waals surface area contributed by atoms with Gasteiger partial charge in [0.2, 0.25) is 5.91 Å². The molecule has 5 nitrogen and oxygen atoms in total. The van der Waals surface area contributed by atoms with E-state index in [1.54, 1.807) is 30.6 Å². The van der Waals surface area contributed by atoms with E-state index in [0.29, 0.717) is 12.2 Å². The molecular weight excluding hydrogens is 264 g/mol. The Hall–Kier alpha value is -1.91. The van der Waals surface area contributed by atoms with Crippen LogP contribution in [0.2, 0.25) is 0 Å². The van der Waals surface area contributed by atoms with Gasteiger partial charge in [-0.25, -0.2) is 4.98 Å². The summed E-state index contributed by atoms with van der Waals surface area (Å²) in [4.78, 5) is 19.9. The van der Waals surface area contributed by atoms with Crippen molar-refractivity contribution in [3.63, 3.8) is 0 Å². The molecule has 0 spiro atoms. The Labute approximate surface area is 127 Å². The van der Waals surface area contributed by atoms with Crippen LogP contribution in [0.15, 0.2) is 31.2 Å². The zero-order chi connectivity index (χ0) is 15.3. The van der Waals surface area contributed by atoms with Gasteiger partial charge in [0, 0.05) is 25.9 Å². The number of unbranched alkanes of at least 4 members (excludes halogenated alkanes) is 6. The number of carbonyl (C=O) groups excluding carboxylic acids is 1. The normalized spacial score (nSPS) is 10.1. The molecule has 21 heavy (non-hydrogen) atoms. The van der Waals surface area contributed by atoms with Crippen LogP contribution in [-0.2, 0) is 4.79 Å². The van der Waals surface area contributed by atoms with Crippen LogP contribution in [0.3, 0.4) is 0 Å². The van der Waals surface area contributed by atoms with Crippen molar-refractivity contribution in [1.29, 1.82) is 0 Å². The van der Waals surface area contributed by atoms with Gasteiger partial charge in [0.25, 0.3) is 0 Å². The van der Waals surface area contributed by atoms with Crippen LogP contribution < -0.4 is 10.4 Å². The van der Waals surface area contributed by atoms with E-state index in [0.717, 1.165) is 19.3 Å². The quantitative estimate of drug-likeness (QED) is 0.386. The third kappa shape index (κ3) is 8.07. The smallest absolute Gasteiger partial charge is 0.238 e. The second kappa shape index (κ2) is 10.8. The minimum Gasteiger partial charge on any atom is -0.273 e. The Morgan fingerprint density at radius 2 is 1.95 bits per heavy atom.